The molecule has 0 radical (unpaired) electrons. The second-order valence-corrected chi connectivity index (χ2v) is 5.40. The lowest BCUT2D eigenvalue weighted by molar-refractivity contribution is 0.383. The molecule has 0 amide bonds. The number of benzene rings is 1. The molecule has 1 aromatic carbocycles. The van der Waals surface area contributed by atoms with E-state index in [0.717, 1.165) is 42.7 Å². The van der Waals surface area contributed by atoms with E-state index in [9.17, 15) is 4.39 Å². The summed E-state index contributed by atoms with van der Waals surface area (Å²) in [5, 5.41) is 0. The largest absolute Gasteiger partial charge is 0.342 e. The molecule has 1 saturated carbocycles. The number of nitrogens with two attached hydrogens (primary N) is 1. The molecule has 1 aromatic heterocycles. The maximum Gasteiger partial charge on any atom is 0.203 e. The van der Waals surface area contributed by atoms with E-state index in [-0.39, 0.29) is 5.82 Å². The third-order valence-electron chi connectivity index (χ3n) is 4.05. The Labute approximate surface area is 111 Å². The van der Waals surface area contributed by atoms with Crippen molar-refractivity contribution in [3.63, 3.8) is 0 Å². The fourth-order valence-electron chi connectivity index (χ4n) is 2.80. The van der Waals surface area contributed by atoms with E-state index in [0.29, 0.717) is 12.1 Å². The SMILES string of the molecule is CN(c1nc2ccc(F)cc2[nH]1)C1CCC(N)CC1. The molecule has 0 saturated heterocycles. The van der Waals surface area contributed by atoms with Gasteiger partial charge in [0, 0.05) is 19.1 Å². The fourth-order valence-corrected chi connectivity index (χ4v) is 2.80. The number of H-pyrrole nitrogens is 1. The zero-order valence-corrected chi connectivity index (χ0v) is 11.1. The molecule has 5 heteroatoms. The summed E-state index contributed by atoms with van der Waals surface area (Å²) in [5.41, 5.74) is 7.48. The molecule has 4 nitrogen and oxygen atoms in total. The highest BCUT2D eigenvalue weighted by atomic mass is 19.1. The summed E-state index contributed by atoms with van der Waals surface area (Å²) in [5.74, 6) is 0.565. The second-order valence-electron chi connectivity index (χ2n) is 5.40. The maximum absolute atomic E-state index is 13.2. The maximum atomic E-state index is 13.2. The molecule has 3 N–H and O–H groups in total. The second kappa shape index (κ2) is 4.81. The number of fused-ring (bicyclic) bond motifs is 1. The first-order valence-electron chi connectivity index (χ1n) is 6.77. The van der Waals surface area contributed by atoms with Crippen molar-refractivity contribution in [3.8, 4) is 0 Å². The Bertz CT molecular complexity index is 572. The van der Waals surface area contributed by atoms with Crippen LogP contribution >= 0.6 is 0 Å². The van der Waals surface area contributed by atoms with E-state index in [4.69, 9.17) is 5.73 Å². The number of aromatic amines is 1. The topological polar surface area (TPSA) is 57.9 Å². The van der Waals surface area contributed by atoms with E-state index in [1.807, 2.05) is 7.05 Å². The number of anilines is 1. The van der Waals surface area contributed by atoms with Crippen LogP contribution in [0.1, 0.15) is 25.7 Å². The fraction of sp³-hybridized carbons (Fsp3) is 0.500. The average Bonchev–Trinajstić information content (AvgIpc) is 2.81. The Kier molecular flexibility index (Phi) is 3.14. The summed E-state index contributed by atoms with van der Waals surface area (Å²) in [7, 11) is 2.04. The number of nitrogens with one attached hydrogen (secondary N) is 1. The number of halogens is 1. The normalized spacial score (nSPS) is 23.7. The molecule has 0 bridgehead atoms. The highest BCUT2D eigenvalue weighted by Crippen LogP contribution is 2.25. The van der Waals surface area contributed by atoms with Gasteiger partial charge in [0.15, 0.2) is 0 Å². The summed E-state index contributed by atoms with van der Waals surface area (Å²) in [6, 6.07) is 5.43. The molecule has 0 atom stereocenters. The molecule has 0 spiro atoms. The molecule has 0 aliphatic heterocycles. The van der Waals surface area contributed by atoms with Gasteiger partial charge in [0.05, 0.1) is 11.0 Å². The van der Waals surface area contributed by atoms with E-state index in [2.05, 4.69) is 14.9 Å². The number of imidazole rings is 1. The summed E-state index contributed by atoms with van der Waals surface area (Å²) in [6.45, 7) is 0. The van der Waals surface area contributed by atoms with E-state index in [1.165, 1.54) is 12.1 Å². The predicted molar refractivity (Wildman–Crippen MR) is 74.7 cm³/mol. The molecule has 2 aromatic rings. The molecule has 3 rings (SSSR count). The van der Waals surface area contributed by atoms with Crippen LogP contribution in [0.3, 0.4) is 0 Å². The first-order chi connectivity index (χ1) is 9.13. The van der Waals surface area contributed by atoms with Gasteiger partial charge in [0.1, 0.15) is 5.82 Å². The smallest absolute Gasteiger partial charge is 0.203 e. The van der Waals surface area contributed by atoms with Gasteiger partial charge in [0.25, 0.3) is 0 Å². The molecule has 1 fully saturated rings. The summed E-state index contributed by atoms with van der Waals surface area (Å²) >= 11 is 0. The quantitative estimate of drug-likeness (QED) is 0.873. The predicted octanol–water partition coefficient (Wildman–Crippen LogP) is 2.41. The first kappa shape index (κ1) is 12.4. The molecule has 0 unspecified atom stereocenters. The van der Waals surface area contributed by atoms with Crippen LogP contribution in [0.25, 0.3) is 11.0 Å². The van der Waals surface area contributed by atoms with Crippen LogP contribution in [0.15, 0.2) is 18.2 Å². The van der Waals surface area contributed by atoms with E-state index >= 15 is 0 Å². The van der Waals surface area contributed by atoms with Gasteiger partial charge < -0.3 is 15.6 Å². The minimum absolute atomic E-state index is 0.242. The zero-order chi connectivity index (χ0) is 13.4. The number of hydrogen-bond donors (Lipinski definition) is 2. The molecule has 102 valence electrons. The lowest BCUT2D eigenvalue weighted by Crippen LogP contribution is -2.39. The molecule has 1 aliphatic rings. The summed E-state index contributed by atoms with van der Waals surface area (Å²) in [4.78, 5) is 9.87. The Hall–Kier alpha value is -1.62. The van der Waals surface area contributed by atoms with Crippen molar-refractivity contribution in [2.75, 3.05) is 11.9 Å². The zero-order valence-electron chi connectivity index (χ0n) is 11.1. The number of hydrogen-bond acceptors (Lipinski definition) is 3. The standard InChI is InChI=1S/C14H19FN4/c1-19(11-5-3-10(16)4-6-11)14-17-12-7-2-9(15)8-13(12)18-14/h2,7-8,10-11H,3-6,16H2,1H3,(H,17,18). The van der Waals surface area contributed by atoms with Crippen LogP contribution in [0, 0.1) is 5.82 Å². The van der Waals surface area contributed by atoms with Gasteiger partial charge in [-0.2, -0.15) is 0 Å². The molecule has 1 heterocycles. The minimum Gasteiger partial charge on any atom is -0.342 e. The van der Waals surface area contributed by atoms with Crippen LogP contribution in [0.2, 0.25) is 0 Å². The number of aromatic nitrogens is 2. The van der Waals surface area contributed by atoms with Gasteiger partial charge in [-0.3, -0.25) is 0 Å². The van der Waals surface area contributed by atoms with Crippen molar-refractivity contribution < 1.29 is 4.39 Å². The van der Waals surface area contributed by atoms with Crippen molar-refractivity contribution in [2.24, 2.45) is 5.73 Å². The Morgan fingerprint density at radius 1 is 1.32 bits per heavy atom. The Balaban J connectivity index is 1.83. The molecule has 19 heavy (non-hydrogen) atoms. The third-order valence-corrected chi connectivity index (χ3v) is 4.05. The van der Waals surface area contributed by atoms with Crippen molar-refractivity contribution >= 4 is 17.0 Å². The average molecular weight is 262 g/mol. The van der Waals surface area contributed by atoms with Gasteiger partial charge in [-0.05, 0) is 43.9 Å². The van der Waals surface area contributed by atoms with Gasteiger partial charge in [-0.15, -0.1) is 0 Å². The first-order valence-corrected chi connectivity index (χ1v) is 6.77. The number of rotatable bonds is 2. The molecular formula is C14H19FN4. The Morgan fingerprint density at radius 3 is 2.79 bits per heavy atom. The van der Waals surface area contributed by atoms with Crippen LogP contribution in [-0.2, 0) is 0 Å². The van der Waals surface area contributed by atoms with Gasteiger partial charge in [0.2, 0.25) is 5.95 Å². The minimum atomic E-state index is -0.242. The van der Waals surface area contributed by atoms with E-state index < -0.39 is 0 Å². The lowest BCUT2D eigenvalue weighted by atomic mass is 9.91. The lowest BCUT2D eigenvalue weighted by Gasteiger charge is -2.33. The van der Waals surface area contributed by atoms with Crippen molar-refractivity contribution in [1.29, 1.82) is 0 Å². The van der Waals surface area contributed by atoms with Gasteiger partial charge in [-0.1, -0.05) is 0 Å². The number of nitrogens with zero attached hydrogens (tertiary/aromatic N) is 2. The summed E-state index contributed by atoms with van der Waals surface area (Å²) < 4.78 is 13.2. The molecule has 1 aliphatic carbocycles. The van der Waals surface area contributed by atoms with Gasteiger partial charge >= 0.3 is 0 Å². The van der Waals surface area contributed by atoms with E-state index in [1.54, 1.807) is 6.07 Å². The van der Waals surface area contributed by atoms with Crippen molar-refractivity contribution in [2.45, 2.75) is 37.8 Å². The highest BCUT2D eigenvalue weighted by Gasteiger charge is 2.23. The third kappa shape index (κ3) is 2.42. The summed E-state index contributed by atoms with van der Waals surface area (Å²) in [6.07, 6.45) is 4.29. The van der Waals surface area contributed by atoms with Crippen molar-refractivity contribution in [3.05, 3.63) is 24.0 Å². The highest BCUT2D eigenvalue weighted by molar-refractivity contribution is 5.77. The van der Waals surface area contributed by atoms with Crippen LogP contribution in [-0.4, -0.2) is 29.1 Å². The van der Waals surface area contributed by atoms with Crippen molar-refractivity contribution in [1.82, 2.24) is 9.97 Å². The molecular weight excluding hydrogens is 243 g/mol. The van der Waals surface area contributed by atoms with Gasteiger partial charge in [-0.25, -0.2) is 9.37 Å². The van der Waals surface area contributed by atoms with Crippen LogP contribution in [0.4, 0.5) is 10.3 Å². The van der Waals surface area contributed by atoms with Crippen LogP contribution in [0.5, 0.6) is 0 Å². The monoisotopic (exact) mass is 262 g/mol. The van der Waals surface area contributed by atoms with Crippen LogP contribution < -0.4 is 10.6 Å². The Morgan fingerprint density at radius 2 is 2.05 bits per heavy atom.